The first-order valence-corrected chi connectivity index (χ1v) is 7.30. The number of benzene rings is 2. The van der Waals surface area contributed by atoms with E-state index in [1.165, 1.54) is 22.3 Å². The number of aryl methyl sites for hydroxylation is 1. The van der Waals surface area contributed by atoms with Crippen LogP contribution in [0.3, 0.4) is 0 Å². The van der Waals surface area contributed by atoms with Gasteiger partial charge in [-0.2, -0.15) is 5.26 Å². The van der Waals surface area contributed by atoms with Crippen LogP contribution >= 0.6 is 0 Å². The van der Waals surface area contributed by atoms with Gasteiger partial charge in [0, 0.05) is 0 Å². The van der Waals surface area contributed by atoms with Crippen LogP contribution in [-0.2, 0) is 25.7 Å². The van der Waals surface area contributed by atoms with Crippen LogP contribution < -0.4 is 0 Å². The molecule has 20 heavy (non-hydrogen) atoms. The van der Waals surface area contributed by atoms with Gasteiger partial charge in [0.2, 0.25) is 0 Å². The number of rotatable bonds is 3. The third-order valence-electron chi connectivity index (χ3n) is 4.39. The summed E-state index contributed by atoms with van der Waals surface area (Å²) in [5, 5.41) is 9.70. The summed E-state index contributed by atoms with van der Waals surface area (Å²) in [4.78, 5) is 0. The molecule has 0 heterocycles. The molecule has 0 atom stereocenters. The van der Waals surface area contributed by atoms with E-state index in [9.17, 15) is 5.26 Å². The van der Waals surface area contributed by atoms with Gasteiger partial charge < -0.3 is 0 Å². The van der Waals surface area contributed by atoms with Crippen molar-refractivity contribution in [3.8, 4) is 6.07 Å². The van der Waals surface area contributed by atoms with Gasteiger partial charge in [0.25, 0.3) is 0 Å². The molecule has 1 aliphatic carbocycles. The van der Waals surface area contributed by atoms with E-state index in [1.807, 2.05) is 0 Å². The van der Waals surface area contributed by atoms with Crippen LogP contribution in [0.1, 0.15) is 29.2 Å². The van der Waals surface area contributed by atoms with Crippen molar-refractivity contribution in [2.45, 2.75) is 32.6 Å². The second-order valence-electron chi connectivity index (χ2n) is 5.86. The minimum absolute atomic E-state index is 0.253. The molecule has 0 aromatic heterocycles. The Hall–Kier alpha value is -2.07. The van der Waals surface area contributed by atoms with Crippen LogP contribution in [0.25, 0.3) is 0 Å². The predicted octanol–water partition coefficient (Wildman–Crippen LogP) is 4.10. The summed E-state index contributed by atoms with van der Waals surface area (Å²) in [5.41, 5.74) is 5.07. The first-order chi connectivity index (χ1) is 9.74. The molecule has 2 aromatic rings. The SMILES string of the molecule is CCc1ccc(CC2(C#N)Cc3ccccc3C2)cc1. The van der Waals surface area contributed by atoms with Gasteiger partial charge in [-0.05, 0) is 47.9 Å². The maximum atomic E-state index is 9.70. The molecule has 3 rings (SSSR count). The van der Waals surface area contributed by atoms with Crippen molar-refractivity contribution in [2.24, 2.45) is 5.41 Å². The first-order valence-electron chi connectivity index (χ1n) is 7.30. The van der Waals surface area contributed by atoms with E-state index in [0.717, 1.165) is 25.7 Å². The lowest BCUT2D eigenvalue weighted by atomic mass is 9.80. The van der Waals surface area contributed by atoms with Crippen LogP contribution in [0.4, 0.5) is 0 Å². The largest absolute Gasteiger partial charge is 0.198 e. The summed E-state index contributed by atoms with van der Waals surface area (Å²) in [6.07, 6.45) is 3.68. The third kappa shape index (κ3) is 2.34. The highest BCUT2D eigenvalue weighted by Gasteiger charge is 2.37. The van der Waals surface area contributed by atoms with Gasteiger partial charge in [-0.25, -0.2) is 0 Å². The monoisotopic (exact) mass is 261 g/mol. The summed E-state index contributed by atoms with van der Waals surface area (Å²) >= 11 is 0. The second kappa shape index (κ2) is 5.13. The second-order valence-corrected chi connectivity index (χ2v) is 5.86. The minimum Gasteiger partial charge on any atom is -0.198 e. The summed E-state index contributed by atoms with van der Waals surface area (Å²) in [6, 6.07) is 19.8. The number of fused-ring (bicyclic) bond motifs is 1. The van der Waals surface area contributed by atoms with Gasteiger partial charge in [0.05, 0.1) is 11.5 Å². The van der Waals surface area contributed by atoms with Crippen molar-refractivity contribution in [3.05, 3.63) is 70.8 Å². The molecule has 0 fully saturated rings. The molecule has 0 aliphatic heterocycles. The Labute approximate surface area is 120 Å². The van der Waals surface area contributed by atoms with Gasteiger partial charge in [0.1, 0.15) is 0 Å². The topological polar surface area (TPSA) is 23.8 Å². The molecule has 0 amide bonds. The zero-order chi connectivity index (χ0) is 14.0. The zero-order valence-corrected chi connectivity index (χ0v) is 11.9. The third-order valence-corrected chi connectivity index (χ3v) is 4.39. The molecular weight excluding hydrogens is 242 g/mol. The average molecular weight is 261 g/mol. The fourth-order valence-corrected chi connectivity index (χ4v) is 3.22. The molecule has 0 saturated heterocycles. The van der Waals surface area contributed by atoms with E-state index < -0.39 is 0 Å². The first kappa shape index (κ1) is 12.9. The van der Waals surface area contributed by atoms with Crippen molar-refractivity contribution < 1.29 is 0 Å². The van der Waals surface area contributed by atoms with Crippen molar-refractivity contribution in [3.63, 3.8) is 0 Å². The maximum absolute atomic E-state index is 9.70. The lowest BCUT2D eigenvalue weighted by Gasteiger charge is -2.20. The quantitative estimate of drug-likeness (QED) is 0.816. The Morgan fingerprint density at radius 3 is 2.00 bits per heavy atom. The Bertz CT molecular complexity index is 621. The maximum Gasteiger partial charge on any atom is 0.0700 e. The predicted molar refractivity (Wildman–Crippen MR) is 81.4 cm³/mol. The fourth-order valence-electron chi connectivity index (χ4n) is 3.22. The molecule has 0 radical (unpaired) electrons. The summed E-state index contributed by atoms with van der Waals surface area (Å²) in [7, 11) is 0. The van der Waals surface area contributed by atoms with Gasteiger partial charge in [0.15, 0.2) is 0 Å². The number of nitrogens with zero attached hydrogens (tertiary/aromatic N) is 1. The highest BCUT2D eigenvalue weighted by Crippen LogP contribution is 2.39. The van der Waals surface area contributed by atoms with Crippen LogP contribution in [0.15, 0.2) is 48.5 Å². The zero-order valence-electron chi connectivity index (χ0n) is 11.9. The molecule has 1 nitrogen and oxygen atoms in total. The van der Waals surface area contributed by atoms with Gasteiger partial charge >= 0.3 is 0 Å². The van der Waals surface area contributed by atoms with E-state index >= 15 is 0 Å². The van der Waals surface area contributed by atoms with Crippen molar-refractivity contribution in [1.82, 2.24) is 0 Å². The highest BCUT2D eigenvalue weighted by molar-refractivity contribution is 5.38. The molecule has 0 N–H and O–H groups in total. The van der Waals surface area contributed by atoms with Crippen LogP contribution in [0.2, 0.25) is 0 Å². The molecule has 2 aromatic carbocycles. The minimum atomic E-state index is -0.253. The van der Waals surface area contributed by atoms with Crippen LogP contribution in [-0.4, -0.2) is 0 Å². The standard InChI is InChI=1S/C19H19N/c1-2-15-7-9-16(10-8-15)11-19(14-20)12-17-5-3-4-6-18(17)13-19/h3-10H,2,11-13H2,1H3. The number of hydrogen-bond acceptors (Lipinski definition) is 1. The molecule has 1 heteroatoms. The van der Waals surface area contributed by atoms with E-state index in [4.69, 9.17) is 0 Å². The van der Waals surface area contributed by atoms with Gasteiger partial charge in [-0.3, -0.25) is 0 Å². The molecule has 0 unspecified atom stereocenters. The molecule has 0 saturated carbocycles. The highest BCUT2D eigenvalue weighted by atomic mass is 14.4. The van der Waals surface area contributed by atoms with E-state index in [2.05, 4.69) is 61.5 Å². The summed E-state index contributed by atoms with van der Waals surface area (Å²) < 4.78 is 0. The fraction of sp³-hybridized carbons (Fsp3) is 0.316. The van der Waals surface area contributed by atoms with E-state index in [1.54, 1.807) is 0 Å². The number of hydrogen-bond donors (Lipinski definition) is 0. The van der Waals surface area contributed by atoms with Crippen molar-refractivity contribution in [1.29, 1.82) is 5.26 Å². The van der Waals surface area contributed by atoms with Crippen molar-refractivity contribution in [2.75, 3.05) is 0 Å². The Morgan fingerprint density at radius 1 is 0.950 bits per heavy atom. The van der Waals surface area contributed by atoms with Gasteiger partial charge in [-0.15, -0.1) is 0 Å². The summed E-state index contributed by atoms with van der Waals surface area (Å²) in [6.45, 7) is 2.17. The average Bonchev–Trinajstić information content (AvgIpc) is 2.86. The molecule has 100 valence electrons. The molecule has 1 aliphatic rings. The van der Waals surface area contributed by atoms with Crippen molar-refractivity contribution >= 4 is 0 Å². The Kier molecular flexibility index (Phi) is 3.32. The van der Waals surface area contributed by atoms with E-state index in [0.29, 0.717) is 0 Å². The molecule has 0 bridgehead atoms. The Balaban J connectivity index is 1.83. The normalized spacial score (nSPS) is 15.6. The lowest BCUT2D eigenvalue weighted by molar-refractivity contribution is 0.418. The summed E-state index contributed by atoms with van der Waals surface area (Å²) in [5.74, 6) is 0. The lowest BCUT2D eigenvalue weighted by Crippen LogP contribution is -2.22. The Morgan fingerprint density at radius 2 is 1.50 bits per heavy atom. The smallest absolute Gasteiger partial charge is 0.0700 e. The van der Waals surface area contributed by atoms with Gasteiger partial charge in [-0.1, -0.05) is 55.5 Å². The molecule has 0 spiro atoms. The van der Waals surface area contributed by atoms with Crippen LogP contribution in [0, 0.1) is 16.7 Å². The number of nitriles is 1. The molecular formula is C19H19N. The van der Waals surface area contributed by atoms with Crippen LogP contribution in [0.5, 0.6) is 0 Å². The van der Waals surface area contributed by atoms with E-state index in [-0.39, 0.29) is 5.41 Å².